The number of aromatic nitrogens is 2. The topological polar surface area (TPSA) is 96.3 Å². The zero-order valence-corrected chi connectivity index (χ0v) is 20.7. The summed E-state index contributed by atoms with van der Waals surface area (Å²) in [5.74, 6) is -0.100. The lowest BCUT2D eigenvalue weighted by Crippen LogP contribution is -2.47. The van der Waals surface area contributed by atoms with Gasteiger partial charge in [-0.3, -0.25) is 14.4 Å². The van der Waals surface area contributed by atoms with Gasteiger partial charge in [-0.15, -0.1) is 0 Å². The molecule has 0 aliphatic carbocycles. The third-order valence-electron chi connectivity index (χ3n) is 6.07. The van der Waals surface area contributed by atoms with Crippen LogP contribution in [0.2, 0.25) is 0 Å². The fraction of sp³-hybridized carbons (Fsp3) is 0.538. The number of amides is 3. The van der Waals surface area contributed by atoms with Crippen LogP contribution in [0.25, 0.3) is 0 Å². The fourth-order valence-electron chi connectivity index (χ4n) is 4.00. The molecule has 0 bridgehead atoms. The van der Waals surface area contributed by atoms with Crippen LogP contribution in [0.1, 0.15) is 71.4 Å². The van der Waals surface area contributed by atoms with Crippen LogP contribution in [0.4, 0.5) is 5.82 Å². The molecule has 3 rings (SSSR count). The number of hydrogen-bond donors (Lipinski definition) is 2. The molecule has 1 fully saturated rings. The molecule has 1 aromatic carbocycles. The molecule has 2 atom stereocenters. The zero-order valence-electron chi connectivity index (χ0n) is 20.7. The van der Waals surface area contributed by atoms with Crippen LogP contribution < -0.4 is 10.6 Å². The van der Waals surface area contributed by atoms with Gasteiger partial charge in [-0.25, -0.2) is 4.98 Å². The van der Waals surface area contributed by atoms with Crippen molar-refractivity contribution in [3.05, 3.63) is 48.4 Å². The smallest absolute Gasteiger partial charge is 0.250 e. The summed E-state index contributed by atoms with van der Waals surface area (Å²) < 4.78 is 1.75. The number of hydrogen-bond acceptors (Lipinski definition) is 4. The predicted molar refractivity (Wildman–Crippen MR) is 132 cm³/mol. The van der Waals surface area contributed by atoms with E-state index in [9.17, 15) is 14.4 Å². The highest BCUT2D eigenvalue weighted by Crippen LogP contribution is 2.25. The lowest BCUT2D eigenvalue weighted by molar-refractivity contribution is -0.132. The van der Waals surface area contributed by atoms with E-state index in [1.165, 1.54) is 0 Å². The predicted octanol–water partition coefficient (Wildman–Crippen LogP) is 3.75. The number of nitrogens with zero attached hydrogens (tertiary/aromatic N) is 3. The quantitative estimate of drug-likeness (QED) is 0.587. The van der Waals surface area contributed by atoms with Crippen LogP contribution in [0, 0.1) is 5.41 Å². The van der Waals surface area contributed by atoms with E-state index in [4.69, 9.17) is 0 Å². The lowest BCUT2D eigenvalue weighted by atomic mass is 9.94. The monoisotopic (exact) mass is 467 g/mol. The number of unbranched alkanes of at least 4 members (excludes halogenated alkanes) is 1. The first kappa shape index (κ1) is 25.5. The SMILES string of the molecule is CCCC[C@@H](NC(=O)C(C)(C)C)C(=O)Nc1cn(C(C(=O)N2CCCC2)c2ccccc2)cn1. The molecule has 0 radical (unpaired) electrons. The molecule has 1 saturated heterocycles. The van der Waals surface area contributed by atoms with E-state index in [-0.39, 0.29) is 17.7 Å². The van der Waals surface area contributed by atoms with Gasteiger partial charge in [-0.2, -0.15) is 0 Å². The van der Waals surface area contributed by atoms with Gasteiger partial charge < -0.3 is 20.1 Å². The second-order valence-corrected chi connectivity index (χ2v) is 9.96. The Hall–Kier alpha value is -3.16. The molecule has 8 heteroatoms. The zero-order chi connectivity index (χ0) is 24.7. The number of carbonyl (C=O) groups is 3. The minimum absolute atomic E-state index is 0.0252. The number of likely N-dealkylation sites (tertiary alicyclic amines) is 1. The molecular weight excluding hydrogens is 430 g/mol. The Morgan fingerprint density at radius 2 is 1.76 bits per heavy atom. The van der Waals surface area contributed by atoms with E-state index >= 15 is 0 Å². The summed E-state index contributed by atoms with van der Waals surface area (Å²) in [6.45, 7) is 9.02. The molecular formula is C26H37N5O3. The highest BCUT2D eigenvalue weighted by Gasteiger charge is 2.30. The maximum Gasteiger partial charge on any atom is 0.250 e. The van der Waals surface area contributed by atoms with E-state index in [1.807, 2.05) is 62.9 Å². The molecule has 3 amide bonds. The molecule has 2 N–H and O–H groups in total. The van der Waals surface area contributed by atoms with Crippen molar-refractivity contribution >= 4 is 23.5 Å². The summed E-state index contributed by atoms with van der Waals surface area (Å²) >= 11 is 0. The first-order valence-electron chi connectivity index (χ1n) is 12.2. The van der Waals surface area contributed by atoms with Crippen molar-refractivity contribution in [2.45, 2.75) is 71.9 Å². The summed E-state index contributed by atoms with van der Waals surface area (Å²) in [7, 11) is 0. The van der Waals surface area contributed by atoms with Crippen LogP contribution in [0.15, 0.2) is 42.9 Å². The van der Waals surface area contributed by atoms with Crippen molar-refractivity contribution in [1.29, 1.82) is 0 Å². The van der Waals surface area contributed by atoms with Gasteiger partial charge in [0, 0.05) is 24.7 Å². The van der Waals surface area contributed by atoms with Gasteiger partial charge in [0.15, 0.2) is 5.82 Å². The maximum absolute atomic E-state index is 13.4. The van der Waals surface area contributed by atoms with Gasteiger partial charge >= 0.3 is 0 Å². The van der Waals surface area contributed by atoms with Gasteiger partial charge in [0.05, 0.1) is 6.33 Å². The standard InChI is InChI=1S/C26H37N5O3/c1-5-6-14-20(28-25(34)26(2,3)4)23(32)29-21-17-31(18-27-21)22(19-12-8-7-9-13-19)24(33)30-15-10-11-16-30/h7-9,12-13,17-18,20,22H,5-6,10-11,14-16H2,1-4H3,(H,28,34)(H,29,32)/t20-,22?/m1/s1. The highest BCUT2D eigenvalue weighted by molar-refractivity contribution is 5.97. The average molecular weight is 468 g/mol. The van der Waals surface area contributed by atoms with Gasteiger partial charge in [0.1, 0.15) is 12.1 Å². The van der Waals surface area contributed by atoms with Crippen LogP contribution in [0.5, 0.6) is 0 Å². The molecule has 1 aromatic heterocycles. The van der Waals surface area contributed by atoms with Gasteiger partial charge in [-0.1, -0.05) is 70.9 Å². The van der Waals surface area contributed by atoms with E-state index in [2.05, 4.69) is 15.6 Å². The molecule has 2 aromatic rings. The maximum atomic E-state index is 13.4. The summed E-state index contributed by atoms with van der Waals surface area (Å²) in [4.78, 5) is 45.1. The number of anilines is 1. The first-order valence-corrected chi connectivity index (χ1v) is 12.2. The van der Waals surface area contributed by atoms with Crippen molar-refractivity contribution in [3.8, 4) is 0 Å². The van der Waals surface area contributed by atoms with E-state index in [1.54, 1.807) is 17.1 Å². The van der Waals surface area contributed by atoms with Crippen LogP contribution >= 0.6 is 0 Å². The lowest BCUT2D eigenvalue weighted by Gasteiger charge is -2.24. The van der Waals surface area contributed by atoms with E-state index < -0.39 is 17.5 Å². The summed E-state index contributed by atoms with van der Waals surface area (Å²) in [6, 6.07) is 8.41. The molecule has 34 heavy (non-hydrogen) atoms. The van der Waals surface area contributed by atoms with E-state index in [0.29, 0.717) is 12.2 Å². The minimum Gasteiger partial charge on any atom is -0.344 e. The number of benzene rings is 1. The second-order valence-electron chi connectivity index (χ2n) is 9.96. The Balaban J connectivity index is 1.78. The van der Waals surface area contributed by atoms with E-state index in [0.717, 1.165) is 44.3 Å². The minimum atomic E-state index is -0.645. The van der Waals surface area contributed by atoms with Crippen molar-refractivity contribution < 1.29 is 14.4 Å². The van der Waals surface area contributed by atoms with Crippen molar-refractivity contribution in [3.63, 3.8) is 0 Å². The molecule has 0 spiro atoms. The Kier molecular flexibility index (Phi) is 8.47. The molecule has 1 aliphatic heterocycles. The Bertz CT molecular complexity index is 974. The average Bonchev–Trinajstić information content (AvgIpc) is 3.49. The van der Waals surface area contributed by atoms with Crippen LogP contribution in [0.3, 0.4) is 0 Å². The second kappa shape index (κ2) is 11.3. The Morgan fingerprint density at radius 3 is 2.38 bits per heavy atom. The number of carbonyl (C=O) groups excluding carboxylic acids is 3. The summed E-state index contributed by atoms with van der Waals surface area (Å²) in [6.07, 6.45) is 7.57. The number of imidazole rings is 1. The van der Waals surface area contributed by atoms with Crippen molar-refractivity contribution in [2.75, 3.05) is 18.4 Å². The fourth-order valence-corrected chi connectivity index (χ4v) is 4.00. The molecule has 1 unspecified atom stereocenters. The van der Waals surface area contributed by atoms with Gasteiger partial charge in [0.25, 0.3) is 0 Å². The molecule has 184 valence electrons. The molecule has 2 heterocycles. The Morgan fingerprint density at radius 1 is 1.09 bits per heavy atom. The first-order chi connectivity index (χ1) is 16.2. The number of rotatable bonds is 9. The summed E-state index contributed by atoms with van der Waals surface area (Å²) in [5.41, 5.74) is 0.276. The molecule has 0 saturated carbocycles. The van der Waals surface area contributed by atoms with Crippen LogP contribution in [-0.2, 0) is 14.4 Å². The largest absolute Gasteiger partial charge is 0.344 e. The Labute approximate surface area is 202 Å². The molecule has 8 nitrogen and oxygen atoms in total. The van der Waals surface area contributed by atoms with Gasteiger partial charge in [0.2, 0.25) is 17.7 Å². The van der Waals surface area contributed by atoms with Crippen LogP contribution in [-0.4, -0.2) is 51.3 Å². The normalized spacial score (nSPS) is 15.6. The molecule has 1 aliphatic rings. The third-order valence-corrected chi connectivity index (χ3v) is 6.07. The van der Waals surface area contributed by atoms with Crippen molar-refractivity contribution in [2.24, 2.45) is 5.41 Å². The number of nitrogens with one attached hydrogen (secondary N) is 2. The highest BCUT2D eigenvalue weighted by atomic mass is 16.2. The van der Waals surface area contributed by atoms with Gasteiger partial charge in [-0.05, 0) is 24.8 Å². The summed E-state index contributed by atoms with van der Waals surface area (Å²) in [5, 5.41) is 5.71. The van der Waals surface area contributed by atoms with Crippen molar-refractivity contribution in [1.82, 2.24) is 19.8 Å². The third kappa shape index (κ3) is 6.46.